The minimum absolute atomic E-state index is 0.449. The summed E-state index contributed by atoms with van der Waals surface area (Å²) < 4.78 is 0. The first-order valence-corrected chi connectivity index (χ1v) is 7.16. The fourth-order valence-electron chi connectivity index (χ4n) is 0.354. The van der Waals surface area contributed by atoms with Crippen molar-refractivity contribution in [3.63, 3.8) is 0 Å². The molecule has 1 atom stereocenters. The Balaban J connectivity index is 2.34. The van der Waals surface area contributed by atoms with E-state index in [2.05, 4.69) is 13.8 Å². The standard InChI is InChI=1S/C4H14P2/c1-3-5-6-4-2/h5H,3-4H2,1-2,6H3. The van der Waals surface area contributed by atoms with Crippen molar-refractivity contribution >= 4 is 16.5 Å². The van der Waals surface area contributed by atoms with E-state index in [9.17, 15) is 0 Å². The number of hydrogen-bond donors (Lipinski definition) is 0. The normalized spacial score (nSPS) is 11.7. The van der Waals surface area contributed by atoms with Crippen LogP contribution >= 0.6 is 16.5 Å². The van der Waals surface area contributed by atoms with Crippen LogP contribution in [0.2, 0.25) is 0 Å². The van der Waals surface area contributed by atoms with E-state index in [4.69, 9.17) is 0 Å². The first-order valence-electron chi connectivity index (χ1n) is 2.62. The van der Waals surface area contributed by atoms with E-state index < -0.39 is 0 Å². The van der Waals surface area contributed by atoms with Crippen molar-refractivity contribution in [1.82, 2.24) is 0 Å². The third-order valence-corrected chi connectivity index (χ3v) is 6.09. The molecule has 0 saturated carbocycles. The van der Waals surface area contributed by atoms with Crippen LogP contribution in [0.4, 0.5) is 0 Å². The van der Waals surface area contributed by atoms with Gasteiger partial charge in [0.25, 0.3) is 0 Å². The molecule has 2 heteroatoms. The van der Waals surface area contributed by atoms with Gasteiger partial charge in [-0.1, -0.05) is 0 Å². The SMILES string of the molecule is CCP[PH3]CC. The van der Waals surface area contributed by atoms with Gasteiger partial charge in [-0.15, -0.1) is 0 Å². The van der Waals surface area contributed by atoms with Gasteiger partial charge in [0, 0.05) is 0 Å². The molecule has 0 saturated heterocycles. The molecule has 0 aliphatic heterocycles. The molecular formula is C4H14P2. The molecule has 0 spiro atoms. The van der Waals surface area contributed by atoms with Gasteiger partial charge in [0.2, 0.25) is 0 Å². The zero-order valence-electron chi connectivity index (χ0n) is 4.62. The molecule has 0 amide bonds. The van der Waals surface area contributed by atoms with E-state index in [-0.39, 0.29) is 0 Å². The van der Waals surface area contributed by atoms with Crippen molar-refractivity contribution < 1.29 is 0 Å². The summed E-state index contributed by atoms with van der Waals surface area (Å²) in [4.78, 5) is 0. The van der Waals surface area contributed by atoms with Crippen molar-refractivity contribution in [2.75, 3.05) is 12.3 Å². The van der Waals surface area contributed by atoms with Crippen molar-refractivity contribution in [3.05, 3.63) is 0 Å². The second kappa shape index (κ2) is 5.86. The van der Waals surface area contributed by atoms with Gasteiger partial charge in [0.1, 0.15) is 0 Å². The van der Waals surface area contributed by atoms with E-state index in [1.165, 1.54) is 20.6 Å². The summed E-state index contributed by atoms with van der Waals surface area (Å²) in [7, 11) is 1.80. The Morgan fingerprint density at radius 3 is 2.33 bits per heavy atom. The molecule has 0 N–H and O–H groups in total. The van der Waals surface area contributed by atoms with Crippen molar-refractivity contribution in [3.8, 4) is 0 Å². The molecule has 0 aromatic heterocycles. The molecule has 0 aliphatic carbocycles. The third-order valence-electron chi connectivity index (χ3n) is 0.677. The Kier molecular flexibility index (Phi) is 6.70. The summed E-state index contributed by atoms with van der Waals surface area (Å²) in [6.07, 6.45) is 2.95. The summed E-state index contributed by atoms with van der Waals surface area (Å²) in [5, 5.41) is 0. The van der Waals surface area contributed by atoms with E-state index in [1.54, 1.807) is 0 Å². The van der Waals surface area contributed by atoms with Gasteiger partial charge in [-0.3, -0.25) is 0 Å². The summed E-state index contributed by atoms with van der Waals surface area (Å²) in [6.45, 7) is 4.58. The number of rotatable bonds is 3. The maximum absolute atomic E-state index is 2.30. The van der Waals surface area contributed by atoms with Crippen LogP contribution in [0.15, 0.2) is 0 Å². The van der Waals surface area contributed by atoms with E-state index in [0.717, 1.165) is 0 Å². The van der Waals surface area contributed by atoms with Gasteiger partial charge in [-0.25, -0.2) is 0 Å². The van der Waals surface area contributed by atoms with Crippen LogP contribution in [-0.2, 0) is 0 Å². The predicted molar refractivity (Wildman–Crippen MR) is 40.5 cm³/mol. The van der Waals surface area contributed by atoms with Gasteiger partial charge in [-0.05, 0) is 0 Å². The molecule has 0 fully saturated rings. The molecule has 0 aromatic rings. The van der Waals surface area contributed by atoms with Gasteiger partial charge >= 0.3 is 42.7 Å². The second-order valence-electron chi connectivity index (χ2n) is 1.35. The molecule has 0 rings (SSSR count). The average Bonchev–Trinajstić information content (AvgIpc) is 1.61. The van der Waals surface area contributed by atoms with E-state index in [0.29, 0.717) is 8.27 Å². The summed E-state index contributed by atoms with van der Waals surface area (Å²) in [5.41, 5.74) is 0. The Bertz CT molecular complexity index is 17.5. The molecule has 0 aliphatic rings. The molecule has 0 heterocycles. The van der Waals surface area contributed by atoms with Crippen LogP contribution in [0.3, 0.4) is 0 Å². The number of hydrogen-bond acceptors (Lipinski definition) is 0. The maximum atomic E-state index is 2.30. The van der Waals surface area contributed by atoms with Crippen LogP contribution in [0, 0.1) is 0 Å². The predicted octanol–water partition coefficient (Wildman–Crippen LogP) is 1.76. The van der Waals surface area contributed by atoms with Crippen LogP contribution < -0.4 is 0 Å². The summed E-state index contributed by atoms with van der Waals surface area (Å²) in [6, 6.07) is 0. The quantitative estimate of drug-likeness (QED) is 0.397. The average molecular weight is 124 g/mol. The zero-order chi connectivity index (χ0) is 4.83. The Labute approximate surface area is 43.6 Å². The molecular weight excluding hydrogens is 110 g/mol. The molecule has 0 radical (unpaired) electrons. The Morgan fingerprint density at radius 2 is 2.17 bits per heavy atom. The minimum atomic E-state index is 0.449. The van der Waals surface area contributed by atoms with Crippen molar-refractivity contribution in [2.45, 2.75) is 13.8 Å². The molecule has 0 aromatic carbocycles. The van der Waals surface area contributed by atoms with Crippen LogP contribution in [0.1, 0.15) is 13.8 Å². The Hall–Kier alpha value is 0.860. The van der Waals surface area contributed by atoms with Gasteiger partial charge in [0.05, 0.1) is 0 Å². The molecule has 0 nitrogen and oxygen atoms in total. The molecule has 1 unspecified atom stereocenters. The van der Waals surface area contributed by atoms with Crippen LogP contribution in [0.5, 0.6) is 0 Å². The van der Waals surface area contributed by atoms with Crippen molar-refractivity contribution in [1.29, 1.82) is 0 Å². The monoisotopic (exact) mass is 124 g/mol. The van der Waals surface area contributed by atoms with Crippen LogP contribution in [0.25, 0.3) is 0 Å². The third kappa shape index (κ3) is 4.86. The van der Waals surface area contributed by atoms with E-state index in [1.807, 2.05) is 0 Å². The first kappa shape index (κ1) is 6.86. The van der Waals surface area contributed by atoms with Crippen LogP contribution in [-0.4, -0.2) is 12.3 Å². The van der Waals surface area contributed by atoms with Gasteiger partial charge in [0.15, 0.2) is 0 Å². The zero-order valence-corrected chi connectivity index (χ0v) is 7.04. The summed E-state index contributed by atoms with van der Waals surface area (Å²) in [5.74, 6) is 0. The summed E-state index contributed by atoms with van der Waals surface area (Å²) >= 11 is 0. The fraction of sp³-hybridized carbons (Fsp3) is 1.00. The van der Waals surface area contributed by atoms with Gasteiger partial charge in [-0.2, -0.15) is 0 Å². The fourth-order valence-corrected chi connectivity index (χ4v) is 3.18. The molecule has 6 heavy (non-hydrogen) atoms. The van der Waals surface area contributed by atoms with Crippen molar-refractivity contribution in [2.24, 2.45) is 0 Å². The topological polar surface area (TPSA) is 0 Å². The molecule has 40 valence electrons. The van der Waals surface area contributed by atoms with Gasteiger partial charge < -0.3 is 0 Å². The van der Waals surface area contributed by atoms with E-state index >= 15 is 0 Å². The molecule has 0 bridgehead atoms. The Morgan fingerprint density at radius 1 is 1.50 bits per heavy atom. The second-order valence-corrected chi connectivity index (χ2v) is 7.06. The first-order chi connectivity index (χ1) is 2.91.